The molecule has 0 aromatic heterocycles. The molecule has 0 saturated carbocycles. The van der Waals surface area contributed by atoms with Crippen molar-refractivity contribution in [2.45, 2.75) is 30.4 Å². The lowest BCUT2D eigenvalue weighted by molar-refractivity contribution is -0.115. The van der Waals surface area contributed by atoms with E-state index in [4.69, 9.17) is 4.74 Å². The third-order valence-corrected chi connectivity index (χ3v) is 7.27. The lowest BCUT2D eigenvalue weighted by atomic mass is 10.1. The number of nitrogens with one attached hydrogen (secondary N) is 2. The van der Waals surface area contributed by atoms with Gasteiger partial charge in [-0.3, -0.25) is 9.59 Å². The van der Waals surface area contributed by atoms with Crippen molar-refractivity contribution in [3.05, 3.63) is 119 Å². The lowest BCUT2D eigenvalue weighted by Gasteiger charge is -2.20. The van der Waals surface area contributed by atoms with Gasteiger partial charge in [0.05, 0.1) is 7.11 Å². The second-order valence-electron chi connectivity index (χ2n) is 8.57. The van der Waals surface area contributed by atoms with Crippen LogP contribution in [0.15, 0.2) is 102 Å². The summed E-state index contributed by atoms with van der Waals surface area (Å²) in [7, 11) is 1.59. The number of amides is 2. The summed E-state index contributed by atoms with van der Waals surface area (Å²) in [5.74, 6) is 0.388. The van der Waals surface area contributed by atoms with Crippen molar-refractivity contribution < 1.29 is 14.3 Å². The number of ether oxygens (including phenoxy) is 1. The molecule has 1 atom stereocenters. The second kappa shape index (κ2) is 12.3. The number of thioether (sulfide) groups is 1. The fourth-order valence-electron chi connectivity index (χ4n) is 4.02. The fraction of sp³-hybridized carbons (Fsp3) is 0.161. The predicted molar refractivity (Wildman–Crippen MR) is 152 cm³/mol. The molecule has 0 bridgehead atoms. The average molecular weight is 511 g/mol. The highest BCUT2D eigenvalue weighted by Crippen LogP contribution is 2.38. The van der Waals surface area contributed by atoms with Crippen molar-refractivity contribution in [2.75, 3.05) is 17.7 Å². The quantitative estimate of drug-likeness (QED) is 0.232. The van der Waals surface area contributed by atoms with E-state index in [2.05, 4.69) is 17.6 Å². The van der Waals surface area contributed by atoms with E-state index < -0.39 is 5.25 Å². The maximum Gasteiger partial charge on any atom is 0.255 e. The first-order chi connectivity index (χ1) is 18.0. The van der Waals surface area contributed by atoms with Crippen molar-refractivity contribution in [3.63, 3.8) is 0 Å². The first-order valence-electron chi connectivity index (χ1n) is 12.1. The van der Waals surface area contributed by atoms with Crippen LogP contribution < -0.4 is 15.4 Å². The summed E-state index contributed by atoms with van der Waals surface area (Å²) < 4.78 is 5.17. The van der Waals surface area contributed by atoms with E-state index in [1.807, 2.05) is 79.7 Å². The smallest absolute Gasteiger partial charge is 0.255 e. The number of carbonyl (C=O) groups excluding carboxylic acids is 2. The van der Waals surface area contributed by atoms with E-state index in [1.165, 1.54) is 11.8 Å². The second-order valence-corrected chi connectivity index (χ2v) is 9.75. The average Bonchev–Trinajstić information content (AvgIpc) is 2.93. The first-order valence-corrected chi connectivity index (χ1v) is 13.0. The van der Waals surface area contributed by atoms with Gasteiger partial charge in [-0.1, -0.05) is 61.5 Å². The van der Waals surface area contributed by atoms with E-state index in [0.717, 1.165) is 33.7 Å². The molecule has 4 aromatic rings. The Morgan fingerprint density at radius 3 is 2.30 bits per heavy atom. The molecular weight excluding hydrogens is 480 g/mol. The van der Waals surface area contributed by atoms with E-state index >= 15 is 0 Å². The van der Waals surface area contributed by atoms with Gasteiger partial charge < -0.3 is 15.4 Å². The molecular formula is C31H30N2O3S. The molecule has 4 aromatic carbocycles. The largest absolute Gasteiger partial charge is 0.497 e. The molecule has 4 rings (SSSR count). The number of hydrogen-bond acceptors (Lipinski definition) is 4. The van der Waals surface area contributed by atoms with E-state index in [9.17, 15) is 9.59 Å². The molecule has 0 saturated heterocycles. The molecule has 2 N–H and O–H groups in total. The monoisotopic (exact) mass is 510 g/mol. The van der Waals surface area contributed by atoms with Gasteiger partial charge in [0, 0.05) is 21.8 Å². The zero-order chi connectivity index (χ0) is 26.2. The summed E-state index contributed by atoms with van der Waals surface area (Å²) in [5, 5.41) is 5.66. The SMILES string of the molecule is CCc1cccc(C)c1NC(=O)C(Sc1cccc(NC(=O)c2ccc(OC)cc2)c1)c1ccccc1. The number of rotatable bonds is 9. The lowest BCUT2D eigenvalue weighted by Crippen LogP contribution is -2.20. The number of aryl methyl sites for hydroxylation is 2. The van der Waals surface area contributed by atoms with Crippen molar-refractivity contribution >= 4 is 35.0 Å². The highest BCUT2D eigenvalue weighted by atomic mass is 32.2. The van der Waals surface area contributed by atoms with Crippen LogP contribution >= 0.6 is 11.8 Å². The molecule has 0 fully saturated rings. The van der Waals surface area contributed by atoms with Gasteiger partial charge in [0.15, 0.2) is 0 Å². The molecule has 0 heterocycles. The number of para-hydroxylation sites is 1. The minimum Gasteiger partial charge on any atom is -0.497 e. The maximum atomic E-state index is 13.6. The molecule has 2 amide bonds. The third kappa shape index (κ3) is 6.60. The zero-order valence-electron chi connectivity index (χ0n) is 21.2. The van der Waals surface area contributed by atoms with Crippen LogP contribution in [0.2, 0.25) is 0 Å². The topological polar surface area (TPSA) is 67.4 Å². The van der Waals surface area contributed by atoms with Crippen molar-refractivity contribution in [2.24, 2.45) is 0 Å². The Labute approximate surface area is 222 Å². The minimum atomic E-state index is -0.474. The van der Waals surface area contributed by atoms with Crippen LogP contribution in [-0.2, 0) is 11.2 Å². The van der Waals surface area contributed by atoms with Crippen molar-refractivity contribution in [1.29, 1.82) is 0 Å². The van der Waals surface area contributed by atoms with Crippen LogP contribution in [0.3, 0.4) is 0 Å². The first kappa shape index (κ1) is 26.0. The van der Waals surface area contributed by atoms with Crippen molar-refractivity contribution in [3.8, 4) is 5.75 Å². The molecule has 6 heteroatoms. The van der Waals surface area contributed by atoms with Crippen LogP contribution in [0.1, 0.15) is 39.2 Å². The van der Waals surface area contributed by atoms with Crippen LogP contribution in [0, 0.1) is 6.92 Å². The molecule has 0 aliphatic rings. The summed E-state index contributed by atoms with van der Waals surface area (Å²) in [6.07, 6.45) is 0.830. The molecule has 5 nitrogen and oxygen atoms in total. The molecule has 0 radical (unpaired) electrons. The normalized spacial score (nSPS) is 11.4. The van der Waals surface area contributed by atoms with Gasteiger partial charge in [-0.2, -0.15) is 0 Å². The molecule has 188 valence electrons. The van der Waals surface area contributed by atoms with Crippen LogP contribution in [0.5, 0.6) is 5.75 Å². The minimum absolute atomic E-state index is 0.0899. The molecule has 37 heavy (non-hydrogen) atoms. The Balaban J connectivity index is 1.55. The molecule has 0 aliphatic heterocycles. The molecule has 1 unspecified atom stereocenters. The highest BCUT2D eigenvalue weighted by Gasteiger charge is 2.23. The van der Waals surface area contributed by atoms with Gasteiger partial charge in [-0.15, -0.1) is 11.8 Å². The maximum absolute atomic E-state index is 13.6. The zero-order valence-corrected chi connectivity index (χ0v) is 22.0. The molecule has 0 aliphatic carbocycles. The summed E-state index contributed by atoms with van der Waals surface area (Å²) in [5.41, 5.74) is 5.11. The van der Waals surface area contributed by atoms with E-state index in [0.29, 0.717) is 17.0 Å². The number of methoxy groups -OCH3 is 1. The molecule has 0 spiro atoms. The van der Waals surface area contributed by atoms with Gasteiger partial charge in [0.2, 0.25) is 5.91 Å². The van der Waals surface area contributed by atoms with Gasteiger partial charge >= 0.3 is 0 Å². The van der Waals surface area contributed by atoms with Gasteiger partial charge in [0.25, 0.3) is 5.91 Å². The van der Waals surface area contributed by atoms with E-state index in [1.54, 1.807) is 31.4 Å². The number of hydrogen-bond donors (Lipinski definition) is 2. The summed E-state index contributed by atoms with van der Waals surface area (Å²) in [6.45, 7) is 4.09. The van der Waals surface area contributed by atoms with Crippen LogP contribution in [0.25, 0.3) is 0 Å². The summed E-state index contributed by atoms with van der Waals surface area (Å²) in [6, 6.07) is 30.3. The highest BCUT2D eigenvalue weighted by molar-refractivity contribution is 8.00. The number of anilines is 2. The van der Waals surface area contributed by atoms with Crippen LogP contribution in [0.4, 0.5) is 11.4 Å². The fourth-order valence-corrected chi connectivity index (χ4v) is 5.10. The Morgan fingerprint density at radius 2 is 1.59 bits per heavy atom. The Bertz CT molecular complexity index is 1370. The van der Waals surface area contributed by atoms with Gasteiger partial charge in [-0.05, 0) is 72.5 Å². The van der Waals surface area contributed by atoms with Gasteiger partial charge in [-0.25, -0.2) is 0 Å². The third-order valence-electron chi connectivity index (χ3n) is 6.03. The van der Waals surface area contributed by atoms with Crippen molar-refractivity contribution in [1.82, 2.24) is 0 Å². The predicted octanol–water partition coefficient (Wildman–Crippen LogP) is 7.29. The number of carbonyl (C=O) groups is 2. The summed E-state index contributed by atoms with van der Waals surface area (Å²) in [4.78, 5) is 27.2. The standard InChI is InChI=1S/C31H30N2O3S/c1-4-22-13-8-10-21(2)28(22)33-31(35)29(23-11-6-5-7-12-23)37-27-15-9-14-25(20-27)32-30(34)24-16-18-26(36-3)19-17-24/h5-20,29H,4H2,1-3H3,(H,32,34)(H,33,35). The summed E-state index contributed by atoms with van der Waals surface area (Å²) >= 11 is 1.45. The van der Waals surface area contributed by atoms with E-state index in [-0.39, 0.29) is 11.8 Å². The number of benzene rings is 4. The Kier molecular flexibility index (Phi) is 8.64. The Hall–Kier alpha value is -4.03. The Morgan fingerprint density at radius 1 is 0.865 bits per heavy atom. The van der Waals surface area contributed by atoms with Crippen LogP contribution in [-0.4, -0.2) is 18.9 Å². The van der Waals surface area contributed by atoms with Gasteiger partial charge in [0.1, 0.15) is 11.0 Å².